The predicted octanol–water partition coefficient (Wildman–Crippen LogP) is 6.36. The van der Waals surface area contributed by atoms with Crippen LogP contribution >= 0.6 is 0 Å². The molecular weight excluding hydrogens is 254 g/mol. The van der Waals surface area contributed by atoms with Crippen LogP contribution in [-0.2, 0) is 0 Å². The first kappa shape index (κ1) is 17.3. The fourth-order valence-corrected chi connectivity index (χ4v) is 5.21. The van der Waals surface area contributed by atoms with Crippen molar-refractivity contribution in [3.05, 3.63) is 0 Å². The number of rotatable bonds is 6. The summed E-state index contributed by atoms with van der Waals surface area (Å²) < 4.78 is 0. The monoisotopic (exact) mass is 293 g/mol. The highest BCUT2D eigenvalue weighted by Gasteiger charge is 2.39. The lowest BCUT2D eigenvalue weighted by atomic mass is 9.78. The van der Waals surface area contributed by atoms with Crippen LogP contribution in [0.15, 0.2) is 0 Å². The average molecular weight is 294 g/mol. The van der Waals surface area contributed by atoms with Crippen molar-refractivity contribution in [1.29, 1.82) is 0 Å². The van der Waals surface area contributed by atoms with Crippen LogP contribution in [0, 0.1) is 0 Å². The summed E-state index contributed by atoms with van der Waals surface area (Å²) in [6.07, 6.45) is 22.9. The van der Waals surface area contributed by atoms with Crippen LogP contribution in [0.25, 0.3) is 0 Å². The maximum Gasteiger partial charge on any atom is 0.0186 e. The summed E-state index contributed by atoms with van der Waals surface area (Å²) >= 11 is 0. The van der Waals surface area contributed by atoms with E-state index < -0.39 is 0 Å². The quantitative estimate of drug-likeness (QED) is 0.562. The van der Waals surface area contributed by atoms with Crippen molar-refractivity contribution < 1.29 is 0 Å². The van der Waals surface area contributed by atoms with E-state index in [1.54, 1.807) is 0 Å². The number of hydrogen-bond donors (Lipinski definition) is 1. The summed E-state index contributed by atoms with van der Waals surface area (Å²) in [7, 11) is 0. The Labute approximate surface area is 133 Å². The topological polar surface area (TPSA) is 12.0 Å². The summed E-state index contributed by atoms with van der Waals surface area (Å²) in [6, 6.07) is 0. The van der Waals surface area contributed by atoms with Gasteiger partial charge >= 0.3 is 0 Å². The third-order valence-electron chi connectivity index (χ3n) is 6.11. The van der Waals surface area contributed by atoms with Crippen molar-refractivity contribution in [3.63, 3.8) is 0 Å². The van der Waals surface area contributed by atoms with Gasteiger partial charge in [0.15, 0.2) is 0 Å². The summed E-state index contributed by atoms with van der Waals surface area (Å²) in [5.74, 6) is 0. The van der Waals surface area contributed by atoms with Crippen molar-refractivity contribution in [3.8, 4) is 0 Å². The molecule has 0 heterocycles. The Morgan fingerprint density at radius 1 is 0.571 bits per heavy atom. The van der Waals surface area contributed by atoms with E-state index in [4.69, 9.17) is 0 Å². The van der Waals surface area contributed by atoms with E-state index in [1.807, 2.05) is 0 Å². The summed E-state index contributed by atoms with van der Waals surface area (Å²) in [5, 5.41) is 4.37. The van der Waals surface area contributed by atoms with Gasteiger partial charge in [-0.1, -0.05) is 78.1 Å². The number of nitrogens with one attached hydrogen (secondary N) is 1. The summed E-state index contributed by atoms with van der Waals surface area (Å²) in [6.45, 7) is 4.77. The van der Waals surface area contributed by atoms with Crippen molar-refractivity contribution >= 4 is 0 Å². The van der Waals surface area contributed by atoms with E-state index in [9.17, 15) is 0 Å². The standard InChI is InChI=1S/C20H39N/c1-3-13-19(15-9-5-6-10-16-19)21-20(14-4-2)17-11-7-8-12-18-20/h21H,3-18H2,1-2H3. The highest BCUT2D eigenvalue weighted by atomic mass is 15.1. The zero-order valence-electron chi connectivity index (χ0n) is 14.8. The maximum absolute atomic E-state index is 4.37. The van der Waals surface area contributed by atoms with E-state index in [1.165, 1.54) is 103 Å². The van der Waals surface area contributed by atoms with Crippen LogP contribution in [0.5, 0.6) is 0 Å². The Balaban J connectivity index is 2.13. The Morgan fingerprint density at radius 3 is 1.19 bits per heavy atom. The van der Waals surface area contributed by atoms with Crippen LogP contribution in [0.3, 0.4) is 0 Å². The van der Waals surface area contributed by atoms with Gasteiger partial charge in [0.25, 0.3) is 0 Å². The first-order valence-electron chi connectivity index (χ1n) is 10.0. The van der Waals surface area contributed by atoms with Gasteiger partial charge in [0, 0.05) is 11.1 Å². The molecule has 21 heavy (non-hydrogen) atoms. The third-order valence-corrected chi connectivity index (χ3v) is 6.11. The predicted molar refractivity (Wildman–Crippen MR) is 93.8 cm³/mol. The lowest BCUT2D eigenvalue weighted by Crippen LogP contribution is -2.58. The minimum atomic E-state index is 0.477. The fraction of sp³-hybridized carbons (Fsp3) is 1.00. The molecular formula is C20H39N. The second-order valence-corrected chi connectivity index (χ2v) is 8.01. The maximum atomic E-state index is 4.37. The second kappa shape index (κ2) is 8.56. The van der Waals surface area contributed by atoms with Crippen LogP contribution in [0.4, 0.5) is 0 Å². The van der Waals surface area contributed by atoms with Crippen LogP contribution in [-0.4, -0.2) is 11.1 Å². The van der Waals surface area contributed by atoms with Crippen molar-refractivity contribution in [2.24, 2.45) is 0 Å². The lowest BCUT2D eigenvalue weighted by Gasteiger charge is -2.46. The molecule has 0 atom stereocenters. The Kier molecular flexibility index (Phi) is 7.05. The molecule has 124 valence electrons. The fourth-order valence-electron chi connectivity index (χ4n) is 5.21. The molecule has 0 bridgehead atoms. The molecule has 2 saturated carbocycles. The van der Waals surface area contributed by atoms with Crippen molar-refractivity contribution in [2.75, 3.05) is 0 Å². The number of hydrogen-bond acceptors (Lipinski definition) is 1. The van der Waals surface area contributed by atoms with Crippen LogP contribution in [0.1, 0.15) is 117 Å². The first-order valence-corrected chi connectivity index (χ1v) is 10.0. The zero-order valence-corrected chi connectivity index (χ0v) is 14.8. The molecule has 2 fully saturated rings. The molecule has 0 amide bonds. The highest BCUT2D eigenvalue weighted by molar-refractivity contribution is 4.99. The van der Waals surface area contributed by atoms with Gasteiger partial charge in [0.1, 0.15) is 0 Å². The minimum absolute atomic E-state index is 0.477. The molecule has 0 aromatic carbocycles. The second-order valence-electron chi connectivity index (χ2n) is 8.01. The van der Waals surface area contributed by atoms with E-state index in [2.05, 4.69) is 19.2 Å². The van der Waals surface area contributed by atoms with E-state index >= 15 is 0 Å². The van der Waals surface area contributed by atoms with Gasteiger partial charge in [0.2, 0.25) is 0 Å². The normalized spacial score (nSPS) is 26.0. The molecule has 0 aromatic heterocycles. The van der Waals surface area contributed by atoms with Crippen LogP contribution < -0.4 is 5.32 Å². The Morgan fingerprint density at radius 2 is 0.905 bits per heavy atom. The SMILES string of the molecule is CCCC1(NC2(CCC)CCCCCC2)CCCCCC1. The summed E-state index contributed by atoms with van der Waals surface area (Å²) in [5.41, 5.74) is 0.954. The summed E-state index contributed by atoms with van der Waals surface area (Å²) in [4.78, 5) is 0. The first-order chi connectivity index (χ1) is 10.2. The molecule has 0 aliphatic heterocycles. The molecule has 2 aliphatic carbocycles. The van der Waals surface area contributed by atoms with Gasteiger partial charge in [-0.15, -0.1) is 0 Å². The van der Waals surface area contributed by atoms with E-state index in [0.29, 0.717) is 11.1 Å². The third kappa shape index (κ3) is 4.98. The molecule has 0 radical (unpaired) electrons. The largest absolute Gasteiger partial charge is 0.306 e. The Hall–Kier alpha value is -0.0400. The van der Waals surface area contributed by atoms with E-state index in [0.717, 1.165) is 0 Å². The molecule has 2 aliphatic rings. The zero-order chi connectivity index (χ0) is 15.0. The molecule has 0 aromatic rings. The van der Waals surface area contributed by atoms with Gasteiger partial charge in [-0.2, -0.15) is 0 Å². The van der Waals surface area contributed by atoms with Crippen molar-refractivity contribution in [1.82, 2.24) is 5.32 Å². The van der Waals surface area contributed by atoms with Gasteiger partial charge in [-0.25, -0.2) is 0 Å². The molecule has 1 N–H and O–H groups in total. The Bertz CT molecular complexity index is 240. The molecule has 0 saturated heterocycles. The van der Waals surface area contributed by atoms with Gasteiger partial charge in [-0.05, 0) is 38.5 Å². The minimum Gasteiger partial charge on any atom is -0.306 e. The van der Waals surface area contributed by atoms with E-state index in [-0.39, 0.29) is 0 Å². The van der Waals surface area contributed by atoms with Crippen molar-refractivity contribution in [2.45, 2.75) is 128 Å². The smallest absolute Gasteiger partial charge is 0.0186 e. The molecule has 1 nitrogen and oxygen atoms in total. The van der Waals surface area contributed by atoms with Gasteiger partial charge in [0.05, 0.1) is 0 Å². The van der Waals surface area contributed by atoms with Gasteiger partial charge in [-0.3, -0.25) is 0 Å². The molecule has 1 heteroatoms. The average Bonchev–Trinajstić information content (AvgIpc) is 2.81. The van der Waals surface area contributed by atoms with Crippen LogP contribution in [0.2, 0.25) is 0 Å². The van der Waals surface area contributed by atoms with Gasteiger partial charge < -0.3 is 5.32 Å². The molecule has 0 unspecified atom stereocenters. The lowest BCUT2D eigenvalue weighted by molar-refractivity contribution is 0.142. The molecule has 2 rings (SSSR count). The highest BCUT2D eigenvalue weighted by Crippen LogP contribution is 2.38. The molecule has 0 spiro atoms.